The van der Waals surface area contributed by atoms with E-state index in [0.29, 0.717) is 0 Å². The molecule has 0 unspecified atom stereocenters. The minimum atomic E-state index is -0.492. The Kier molecular flexibility index (Phi) is 4.31. The van der Waals surface area contributed by atoms with Crippen LogP contribution in [0.2, 0.25) is 0 Å². The molecule has 2 aromatic heterocycles. The molecule has 19 heavy (non-hydrogen) atoms. The van der Waals surface area contributed by atoms with Crippen molar-refractivity contribution >= 4 is 37.5 Å². The normalized spacial score (nSPS) is 14.1. The van der Waals surface area contributed by atoms with E-state index in [9.17, 15) is 10.1 Å². The van der Waals surface area contributed by atoms with E-state index in [-0.39, 0.29) is 22.0 Å². The van der Waals surface area contributed by atoms with E-state index in [0.717, 1.165) is 5.69 Å². The molecule has 0 radical (unpaired) electrons. The Labute approximate surface area is 125 Å². The molecule has 2 rings (SSSR count). The molecule has 0 amide bonds. The summed E-state index contributed by atoms with van der Waals surface area (Å²) < 4.78 is 5.06. The van der Waals surface area contributed by atoms with Crippen molar-refractivity contribution in [3.8, 4) is 0 Å². The molecule has 100 valence electrons. The van der Waals surface area contributed by atoms with Gasteiger partial charge in [0.15, 0.2) is 5.69 Å². The van der Waals surface area contributed by atoms with Gasteiger partial charge in [0.2, 0.25) is 5.76 Å². The predicted molar refractivity (Wildman–Crippen MR) is 75.5 cm³/mol. The predicted octanol–water partition coefficient (Wildman–Crippen LogP) is 3.86. The van der Waals surface area contributed by atoms with Crippen LogP contribution < -0.4 is 0 Å². The Bertz CT molecular complexity index is 588. The second-order valence-corrected chi connectivity index (χ2v) is 5.77. The van der Waals surface area contributed by atoms with Crippen LogP contribution >= 0.6 is 31.9 Å². The van der Waals surface area contributed by atoms with Gasteiger partial charge in [-0.25, -0.2) is 0 Å². The van der Waals surface area contributed by atoms with E-state index >= 15 is 0 Å². The van der Waals surface area contributed by atoms with Gasteiger partial charge in [-0.05, 0) is 19.1 Å². The first kappa shape index (κ1) is 14.1. The third kappa shape index (κ3) is 2.84. The minimum absolute atomic E-state index is 0.109. The second-order valence-electron chi connectivity index (χ2n) is 3.80. The monoisotopic (exact) mass is 389 g/mol. The van der Waals surface area contributed by atoms with Crippen molar-refractivity contribution in [3.63, 3.8) is 0 Å². The fraction of sp³-hybridized carbons (Fsp3) is 0.273. The second kappa shape index (κ2) is 5.79. The van der Waals surface area contributed by atoms with Crippen LogP contribution in [0.25, 0.3) is 0 Å². The van der Waals surface area contributed by atoms with E-state index in [1.807, 2.05) is 12.1 Å². The number of rotatable bonds is 4. The molecule has 0 fully saturated rings. The molecule has 0 bridgehead atoms. The van der Waals surface area contributed by atoms with Crippen LogP contribution in [0.15, 0.2) is 28.9 Å². The number of aryl methyl sites for hydroxylation is 1. The lowest BCUT2D eigenvalue weighted by Crippen LogP contribution is -2.03. The van der Waals surface area contributed by atoms with Crippen LogP contribution in [0.3, 0.4) is 0 Å². The van der Waals surface area contributed by atoms with Crippen LogP contribution in [-0.2, 0) is 0 Å². The molecule has 0 aliphatic carbocycles. The summed E-state index contributed by atoms with van der Waals surface area (Å²) in [4.78, 5) is 14.0. The van der Waals surface area contributed by atoms with Gasteiger partial charge in [-0.1, -0.05) is 43.1 Å². The Morgan fingerprint density at radius 1 is 1.37 bits per heavy atom. The van der Waals surface area contributed by atoms with E-state index in [4.69, 9.17) is 4.52 Å². The molecule has 6 nitrogen and oxygen atoms in total. The first-order valence-electron chi connectivity index (χ1n) is 5.32. The maximum atomic E-state index is 11.0. The molecule has 0 aliphatic heterocycles. The number of nitrogens with zero attached hydrogens (tertiary/aromatic N) is 3. The van der Waals surface area contributed by atoms with Crippen molar-refractivity contribution in [1.82, 2.24) is 10.1 Å². The number of halogens is 2. The van der Waals surface area contributed by atoms with E-state index in [2.05, 4.69) is 42.0 Å². The molecule has 2 heterocycles. The SMILES string of the molecule is Cc1noc([C@@H](Br)[C@@H](Br)c2ccccn2)c1[N+](=O)[O-]. The van der Waals surface area contributed by atoms with Crippen molar-refractivity contribution < 1.29 is 9.45 Å². The molecule has 0 saturated carbocycles. The largest absolute Gasteiger partial charge is 0.352 e. The van der Waals surface area contributed by atoms with Crippen molar-refractivity contribution in [3.05, 3.63) is 51.7 Å². The zero-order valence-corrected chi connectivity index (χ0v) is 13.0. The lowest BCUT2D eigenvalue weighted by atomic mass is 10.1. The summed E-state index contributed by atoms with van der Waals surface area (Å²) in [6.07, 6.45) is 1.66. The van der Waals surface area contributed by atoms with Gasteiger partial charge >= 0.3 is 5.69 Å². The zero-order valence-electron chi connectivity index (χ0n) is 9.79. The lowest BCUT2D eigenvalue weighted by Gasteiger charge is -2.12. The molecular weight excluding hydrogens is 382 g/mol. The van der Waals surface area contributed by atoms with Crippen LogP contribution in [0.4, 0.5) is 5.69 Å². The Morgan fingerprint density at radius 2 is 2.11 bits per heavy atom. The number of nitro groups is 1. The highest BCUT2D eigenvalue weighted by Crippen LogP contribution is 2.45. The Balaban J connectivity index is 2.35. The van der Waals surface area contributed by atoms with E-state index < -0.39 is 9.75 Å². The lowest BCUT2D eigenvalue weighted by molar-refractivity contribution is -0.386. The van der Waals surface area contributed by atoms with Gasteiger partial charge < -0.3 is 4.52 Å². The number of pyridine rings is 1. The smallest absolute Gasteiger partial charge is 0.335 e. The summed E-state index contributed by atoms with van der Waals surface area (Å²) in [5.41, 5.74) is 0.889. The van der Waals surface area contributed by atoms with Crippen molar-refractivity contribution in [2.75, 3.05) is 0 Å². The molecule has 8 heteroatoms. The van der Waals surface area contributed by atoms with Crippen molar-refractivity contribution in [1.29, 1.82) is 0 Å². The Morgan fingerprint density at radius 3 is 2.68 bits per heavy atom. The molecule has 2 aromatic rings. The average molecular weight is 391 g/mol. The summed E-state index contributed by atoms with van der Waals surface area (Å²) in [5, 5.41) is 14.7. The number of hydrogen-bond donors (Lipinski definition) is 0. The highest BCUT2D eigenvalue weighted by molar-refractivity contribution is 9.12. The molecular formula is C11H9Br2N3O3. The maximum Gasteiger partial charge on any atom is 0.335 e. The first-order valence-corrected chi connectivity index (χ1v) is 7.15. The molecule has 2 atom stereocenters. The summed E-state index contributed by atoms with van der Waals surface area (Å²) in [5.74, 6) is 0.176. The van der Waals surface area contributed by atoms with E-state index in [1.54, 1.807) is 12.3 Å². The van der Waals surface area contributed by atoms with Crippen LogP contribution in [0.5, 0.6) is 0 Å². The number of alkyl halides is 2. The third-order valence-electron chi connectivity index (χ3n) is 2.52. The van der Waals surface area contributed by atoms with Crippen molar-refractivity contribution in [2.45, 2.75) is 16.6 Å². The maximum absolute atomic E-state index is 11.0. The number of aromatic nitrogens is 2. The fourth-order valence-electron chi connectivity index (χ4n) is 1.61. The minimum Gasteiger partial charge on any atom is -0.352 e. The quantitative estimate of drug-likeness (QED) is 0.449. The third-order valence-corrected chi connectivity index (χ3v) is 5.17. The van der Waals surface area contributed by atoms with Gasteiger partial charge in [-0.3, -0.25) is 15.1 Å². The summed E-state index contributed by atoms with van der Waals surface area (Å²) >= 11 is 6.86. The van der Waals surface area contributed by atoms with Gasteiger partial charge in [0.25, 0.3) is 0 Å². The van der Waals surface area contributed by atoms with Gasteiger partial charge in [0, 0.05) is 6.20 Å². The zero-order chi connectivity index (χ0) is 14.0. The van der Waals surface area contributed by atoms with Crippen LogP contribution in [-0.4, -0.2) is 15.1 Å². The summed E-state index contributed by atoms with van der Waals surface area (Å²) in [6, 6.07) is 5.46. The van der Waals surface area contributed by atoms with Crippen molar-refractivity contribution in [2.24, 2.45) is 0 Å². The first-order chi connectivity index (χ1) is 9.02. The molecule has 0 aromatic carbocycles. The fourth-order valence-corrected chi connectivity index (χ4v) is 2.69. The van der Waals surface area contributed by atoms with Gasteiger partial charge in [0.05, 0.1) is 15.4 Å². The molecule has 0 aliphatic rings. The topological polar surface area (TPSA) is 82.1 Å². The summed E-state index contributed by atoms with van der Waals surface area (Å²) in [6.45, 7) is 1.54. The summed E-state index contributed by atoms with van der Waals surface area (Å²) in [7, 11) is 0. The van der Waals surface area contributed by atoms with Gasteiger partial charge in [0.1, 0.15) is 4.83 Å². The van der Waals surface area contributed by atoms with Gasteiger partial charge in [-0.2, -0.15) is 0 Å². The standard InChI is InChI=1S/C11H9Br2N3O3/c1-6-10(16(17)18)11(19-15-6)9(13)8(12)7-4-2-3-5-14-7/h2-5,8-9H,1H3/t8-,9-/m0/s1. The molecule has 0 spiro atoms. The van der Waals surface area contributed by atoms with E-state index in [1.165, 1.54) is 6.92 Å². The number of hydrogen-bond acceptors (Lipinski definition) is 5. The van der Waals surface area contributed by atoms with Crippen LogP contribution in [0, 0.1) is 17.0 Å². The highest BCUT2D eigenvalue weighted by Gasteiger charge is 2.34. The average Bonchev–Trinajstić information content (AvgIpc) is 2.80. The Hall–Kier alpha value is -1.28. The molecule has 0 N–H and O–H groups in total. The molecule has 0 saturated heterocycles. The highest BCUT2D eigenvalue weighted by atomic mass is 79.9. The van der Waals surface area contributed by atoms with Gasteiger partial charge in [-0.15, -0.1) is 0 Å². The van der Waals surface area contributed by atoms with Crippen LogP contribution in [0.1, 0.15) is 26.8 Å².